The van der Waals surface area contributed by atoms with Crippen LogP contribution in [0.25, 0.3) is 32.5 Å². The first-order valence-corrected chi connectivity index (χ1v) is 18.0. The molecule has 13 heteroatoms. The van der Waals surface area contributed by atoms with Crippen molar-refractivity contribution in [3.8, 4) is 17.2 Å². The average molecular weight is 758 g/mol. The maximum Gasteiger partial charge on any atom is 0.344 e. The minimum absolute atomic E-state index is 0.142. The van der Waals surface area contributed by atoms with Gasteiger partial charge in [0.1, 0.15) is 47.9 Å². The van der Waals surface area contributed by atoms with Crippen LogP contribution in [0.15, 0.2) is 69.9 Å². The third kappa shape index (κ3) is 8.17. The van der Waals surface area contributed by atoms with Crippen LogP contribution in [0.1, 0.15) is 43.6 Å². The number of benzene rings is 4. The van der Waals surface area contributed by atoms with Gasteiger partial charge in [0.2, 0.25) is 0 Å². The van der Waals surface area contributed by atoms with Gasteiger partial charge in [0, 0.05) is 37.1 Å². The van der Waals surface area contributed by atoms with Gasteiger partial charge in [-0.25, -0.2) is 4.79 Å². The highest BCUT2D eigenvalue weighted by atomic mass is 16.7. The lowest BCUT2D eigenvalue weighted by molar-refractivity contribution is -0.226. The highest BCUT2D eigenvalue weighted by Gasteiger charge is 2.49. The van der Waals surface area contributed by atoms with Crippen molar-refractivity contribution < 1.29 is 51.9 Å². The number of likely N-dealkylation sites (N-methyl/N-ethyl adjacent to an activating group) is 1. The third-order valence-corrected chi connectivity index (χ3v) is 9.75. The van der Waals surface area contributed by atoms with E-state index in [1.54, 1.807) is 31.4 Å². The fourth-order valence-electron chi connectivity index (χ4n) is 7.50. The second kappa shape index (κ2) is 17.2. The van der Waals surface area contributed by atoms with Gasteiger partial charge < -0.3 is 47.2 Å². The zero-order valence-corrected chi connectivity index (χ0v) is 32.3. The number of fused-ring (bicyclic) bond motifs is 5. The first-order chi connectivity index (χ1) is 26.5. The summed E-state index contributed by atoms with van der Waals surface area (Å²) in [6.45, 7) is 5.24. The van der Waals surface area contributed by atoms with Crippen molar-refractivity contribution in [2.75, 3.05) is 48.8 Å². The topological polar surface area (TPSA) is 141 Å². The van der Waals surface area contributed by atoms with Crippen LogP contribution in [0, 0.1) is 0 Å². The fourth-order valence-corrected chi connectivity index (χ4v) is 7.50. The van der Waals surface area contributed by atoms with E-state index in [-0.39, 0.29) is 24.7 Å². The Morgan fingerprint density at radius 2 is 1.53 bits per heavy atom. The number of carbonyl (C=O) groups is 2. The van der Waals surface area contributed by atoms with E-state index >= 15 is 0 Å². The van der Waals surface area contributed by atoms with E-state index in [1.807, 2.05) is 62.3 Å². The van der Waals surface area contributed by atoms with Crippen molar-refractivity contribution in [2.45, 2.75) is 64.3 Å². The van der Waals surface area contributed by atoms with Gasteiger partial charge in [-0.2, -0.15) is 0 Å². The van der Waals surface area contributed by atoms with E-state index in [1.165, 1.54) is 28.1 Å². The van der Waals surface area contributed by atoms with Crippen LogP contribution < -0.4 is 19.8 Å². The second-order valence-corrected chi connectivity index (χ2v) is 13.7. The molecule has 1 aliphatic heterocycles. The predicted molar refractivity (Wildman–Crippen MR) is 205 cm³/mol. The molecule has 5 aromatic rings. The minimum Gasteiger partial charge on any atom is -0.496 e. The monoisotopic (exact) mass is 757 g/mol. The Balaban J connectivity index is 1.65. The zero-order valence-electron chi connectivity index (χ0n) is 32.3. The summed E-state index contributed by atoms with van der Waals surface area (Å²) in [7, 11) is 8.39. The molecule has 0 N–H and O–H groups in total. The van der Waals surface area contributed by atoms with Crippen LogP contribution in [-0.4, -0.2) is 90.0 Å². The molecule has 0 bridgehead atoms. The first-order valence-electron chi connectivity index (χ1n) is 18.0. The van der Waals surface area contributed by atoms with Crippen LogP contribution in [-0.2, 0) is 46.3 Å². The van der Waals surface area contributed by atoms with Gasteiger partial charge in [0.15, 0.2) is 0 Å². The molecule has 0 spiro atoms. The van der Waals surface area contributed by atoms with E-state index in [2.05, 4.69) is 0 Å². The highest BCUT2D eigenvalue weighted by Crippen LogP contribution is 2.48. The van der Waals surface area contributed by atoms with Crippen LogP contribution >= 0.6 is 0 Å². The Bertz CT molecular complexity index is 2230. The number of carbonyl (C=O) groups excluding carboxylic acids is 2. The Hall–Kier alpha value is -5.05. The SMILES string of the molecule is COCOCCc1cc(OC)c2c(c1)c(=O)oc1c2cc(OC)c2c(OC(C)=O)ccc([C@H]3O[C@@H](C)[C@@H](OC(C)=O)[C@@H](N(C)C)[C@@H]3OCc3ccccc3)c21. The molecule has 55 heavy (non-hydrogen) atoms. The van der Waals surface area contributed by atoms with Crippen molar-refractivity contribution in [3.05, 3.63) is 87.8 Å². The predicted octanol–water partition coefficient (Wildman–Crippen LogP) is 6.11. The van der Waals surface area contributed by atoms with Crippen LogP contribution in [0.4, 0.5) is 0 Å². The number of hydrogen-bond donors (Lipinski definition) is 0. The summed E-state index contributed by atoms with van der Waals surface area (Å²) < 4.78 is 53.9. The number of esters is 2. The molecule has 1 saturated heterocycles. The van der Waals surface area contributed by atoms with Crippen LogP contribution in [0.2, 0.25) is 0 Å². The second-order valence-electron chi connectivity index (χ2n) is 13.7. The van der Waals surface area contributed by atoms with E-state index in [0.29, 0.717) is 57.0 Å². The largest absolute Gasteiger partial charge is 0.496 e. The molecule has 2 heterocycles. The number of methoxy groups -OCH3 is 3. The van der Waals surface area contributed by atoms with Crippen molar-refractivity contribution in [1.29, 1.82) is 0 Å². The molecule has 0 aliphatic carbocycles. The Morgan fingerprint density at radius 3 is 2.18 bits per heavy atom. The molecule has 0 radical (unpaired) electrons. The summed E-state index contributed by atoms with van der Waals surface area (Å²) in [5.41, 5.74) is 1.90. The fraction of sp³-hybridized carbons (Fsp3) is 0.405. The maximum absolute atomic E-state index is 14.1. The molecule has 0 amide bonds. The summed E-state index contributed by atoms with van der Waals surface area (Å²) in [4.78, 5) is 40.9. The van der Waals surface area contributed by atoms with Crippen molar-refractivity contribution >= 4 is 44.5 Å². The van der Waals surface area contributed by atoms with Crippen molar-refractivity contribution in [2.24, 2.45) is 0 Å². The maximum atomic E-state index is 14.1. The van der Waals surface area contributed by atoms with Gasteiger partial charge in [-0.3, -0.25) is 9.59 Å². The lowest BCUT2D eigenvalue weighted by Gasteiger charge is -2.48. The minimum atomic E-state index is -0.820. The zero-order chi connectivity index (χ0) is 39.4. The Kier molecular flexibility index (Phi) is 12.4. The van der Waals surface area contributed by atoms with Gasteiger partial charge >= 0.3 is 17.6 Å². The van der Waals surface area contributed by atoms with E-state index in [4.69, 9.17) is 42.3 Å². The Morgan fingerprint density at radius 1 is 0.800 bits per heavy atom. The molecule has 1 aromatic heterocycles. The van der Waals surface area contributed by atoms with E-state index in [0.717, 1.165) is 11.1 Å². The number of nitrogens with zero attached hydrogens (tertiary/aromatic N) is 1. The normalized spacial score (nSPS) is 19.9. The van der Waals surface area contributed by atoms with Crippen LogP contribution in [0.3, 0.4) is 0 Å². The summed E-state index contributed by atoms with van der Waals surface area (Å²) in [6.07, 6.45) is -2.35. The van der Waals surface area contributed by atoms with Gasteiger partial charge in [0.25, 0.3) is 0 Å². The average Bonchev–Trinajstić information content (AvgIpc) is 3.16. The highest BCUT2D eigenvalue weighted by molar-refractivity contribution is 6.19. The summed E-state index contributed by atoms with van der Waals surface area (Å²) >= 11 is 0. The molecule has 5 atom stereocenters. The summed E-state index contributed by atoms with van der Waals surface area (Å²) in [5.74, 6) is -0.0168. The van der Waals surface area contributed by atoms with Gasteiger partial charge in [-0.05, 0) is 68.4 Å². The van der Waals surface area contributed by atoms with Crippen molar-refractivity contribution in [1.82, 2.24) is 4.90 Å². The van der Waals surface area contributed by atoms with E-state index in [9.17, 15) is 14.4 Å². The molecule has 0 saturated carbocycles. The van der Waals surface area contributed by atoms with Crippen molar-refractivity contribution in [3.63, 3.8) is 0 Å². The molecule has 6 rings (SSSR count). The molecule has 1 aliphatic rings. The number of rotatable bonds is 14. The Labute approximate surface area is 318 Å². The first kappa shape index (κ1) is 39.6. The van der Waals surface area contributed by atoms with E-state index < -0.39 is 48.0 Å². The van der Waals surface area contributed by atoms with Gasteiger partial charge in [0.05, 0.1) is 50.4 Å². The number of hydrogen-bond acceptors (Lipinski definition) is 13. The molecule has 1 fully saturated rings. The molecule has 0 unspecified atom stereocenters. The third-order valence-electron chi connectivity index (χ3n) is 9.75. The summed E-state index contributed by atoms with van der Waals surface area (Å²) in [6, 6.07) is 18.0. The lowest BCUT2D eigenvalue weighted by Crippen LogP contribution is -2.60. The van der Waals surface area contributed by atoms with Gasteiger partial charge in [-0.1, -0.05) is 36.4 Å². The number of ether oxygens (including phenoxy) is 8. The molecule has 292 valence electrons. The molecular weight excluding hydrogens is 710 g/mol. The lowest BCUT2D eigenvalue weighted by atomic mass is 9.85. The smallest absolute Gasteiger partial charge is 0.344 e. The molecule has 4 aromatic carbocycles. The van der Waals surface area contributed by atoms with Crippen LogP contribution in [0.5, 0.6) is 17.2 Å². The molecular formula is C42H47NO12. The quantitative estimate of drug-likeness (QED) is 0.0322. The standard InChI is InChI=1S/C42H47NO12/c1-23-38(54-25(3)45)37(43(4)5)41(51-21-26-12-10-9-11-13-26)40(52-23)28-14-15-31(53-24(2)44)36-33(49-8)20-29-34-30(42(46)55-39(29)35(28)36)18-27(19-32(34)48-7)16-17-50-22-47-6/h9-15,18-20,23,37-38,40-41H,16-17,21-22H2,1-8H3/t23-,37+,38+,40+,41-/m0/s1. The molecule has 13 nitrogen and oxygen atoms in total. The van der Waals surface area contributed by atoms with Gasteiger partial charge in [-0.15, -0.1) is 0 Å². The summed E-state index contributed by atoms with van der Waals surface area (Å²) in [5, 5.41) is 2.14.